The number of aliphatic hydroxyl groups is 5. The van der Waals surface area contributed by atoms with E-state index in [2.05, 4.69) is 104 Å². The van der Waals surface area contributed by atoms with Gasteiger partial charge < -0.3 is 40.3 Å². The lowest BCUT2D eigenvalue weighted by atomic mass is 9.99. The molecule has 9 nitrogen and oxygen atoms in total. The topological polar surface area (TPSA) is 149 Å². The second-order valence-corrected chi connectivity index (χ2v) is 19.3. The van der Waals surface area contributed by atoms with Crippen LogP contribution in [0.5, 0.6) is 0 Å². The Kier molecular flexibility index (Phi) is 46.2. The summed E-state index contributed by atoms with van der Waals surface area (Å²) in [6.07, 6.45) is 65.2. The fourth-order valence-electron chi connectivity index (χ4n) is 8.46. The third-order valence-corrected chi connectivity index (χ3v) is 12.9. The first kappa shape index (κ1) is 65.1. The fourth-order valence-corrected chi connectivity index (χ4v) is 8.46. The molecule has 70 heavy (non-hydrogen) atoms. The van der Waals surface area contributed by atoms with Gasteiger partial charge in [-0.15, -0.1) is 0 Å². The average molecular weight is 981 g/mol. The molecule has 1 fully saturated rings. The Bertz CT molecular complexity index is 1420. The van der Waals surface area contributed by atoms with E-state index in [1.165, 1.54) is 122 Å². The number of rotatable bonds is 47. The lowest BCUT2D eigenvalue weighted by Crippen LogP contribution is -2.60. The van der Waals surface area contributed by atoms with Gasteiger partial charge in [0.2, 0.25) is 5.91 Å². The van der Waals surface area contributed by atoms with E-state index in [-0.39, 0.29) is 12.5 Å². The largest absolute Gasteiger partial charge is 0.394 e. The van der Waals surface area contributed by atoms with Gasteiger partial charge in [-0.05, 0) is 83.5 Å². The molecule has 1 aliphatic rings. The molecular formula is C61H105NO8. The van der Waals surface area contributed by atoms with Gasteiger partial charge >= 0.3 is 0 Å². The lowest BCUT2D eigenvalue weighted by molar-refractivity contribution is -0.302. The standard InChI is InChI=1S/C61H105NO8/c1-3-5-7-9-11-13-15-16-17-18-19-20-21-22-23-24-25-26-27-28-29-30-31-32-33-34-35-36-37-38-39-40-41-43-45-47-49-51-57(65)62-54(53-69-61-60(68)59(67)58(66)56(52-63)70-61)55(64)50-48-46-44-42-14-12-10-8-6-4-2/h5-8,11,13-14,16-17,19-20,22-23,42,48,50,54-56,58-61,63-64,66-68H,3-4,9-10,12,15,18,21,24-41,43-47,49,51-53H2,1-2H3,(H,62,65)/b7-5-,8-6+,13-11-,17-16-,20-19-,23-22-,42-14+,50-48+. The highest BCUT2D eigenvalue weighted by Gasteiger charge is 2.44. The maximum absolute atomic E-state index is 13.0. The third-order valence-electron chi connectivity index (χ3n) is 12.9. The van der Waals surface area contributed by atoms with Crippen molar-refractivity contribution in [2.24, 2.45) is 0 Å². The molecule has 0 aliphatic carbocycles. The van der Waals surface area contributed by atoms with E-state index in [9.17, 15) is 30.3 Å². The summed E-state index contributed by atoms with van der Waals surface area (Å²) in [5.41, 5.74) is 0. The van der Waals surface area contributed by atoms with E-state index < -0.39 is 49.5 Å². The molecule has 1 aliphatic heterocycles. The van der Waals surface area contributed by atoms with Crippen molar-refractivity contribution in [2.45, 2.75) is 269 Å². The predicted octanol–water partition coefficient (Wildman–Crippen LogP) is 14.0. The Hall–Kier alpha value is -2.89. The number of unbranched alkanes of at least 4 members (excludes halogenated alkanes) is 23. The van der Waals surface area contributed by atoms with Crippen molar-refractivity contribution in [3.05, 3.63) is 97.2 Å². The fraction of sp³-hybridized carbons (Fsp3) is 0.721. The Labute approximate surface area is 428 Å². The van der Waals surface area contributed by atoms with Gasteiger partial charge in [0.25, 0.3) is 0 Å². The molecule has 1 rings (SSSR count). The second kappa shape index (κ2) is 49.7. The van der Waals surface area contributed by atoms with Crippen molar-refractivity contribution in [3.8, 4) is 0 Å². The number of carbonyl (C=O) groups is 1. The Balaban J connectivity index is 2.06. The minimum atomic E-state index is -1.58. The first-order valence-corrected chi connectivity index (χ1v) is 28.5. The van der Waals surface area contributed by atoms with Crippen molar-refractivity contribution in [3.63, 3.8) is 0 Å². The third kappa shape index (κ3) is 38.7. The molecule has 0 saturated carbocycles. The minimum Gasteiger partial charge on any atom is -0.394 e. The number of ether oxygens (including phenoxy) is 2. The summed E-state index contributed by atoms with van der Waals surface area (Å²) in [4.78, 5) is 13.0. The van der Waals surface area contributed by atoms with Crippen molar-refractivity contribution < 1.29 is 39.8 Å². The SMILES string of the molecule is CC/C=C\C/C=C\C/C=C\C/C=C\C/C=C\CCCCCCCCCCCCCCCCCCCCCCCC(=O)NC(COC1OC(CO)C(O)C(O)C1O)C(O)/C=C/CC/C=C/CC/C=C/CC. The summed E-state index contributed by atoms with van der Waals surface area (Å²) >= 11 is 0. The van der Waals surface area contributed by atoms with Gasteiger partial charge in [-0.2, -0.15) is 0 Å². The van der Waals surface area contributed by atoms with Crippen molar-refractivity contribution >= 4 is 5.91 Å². The Morgan fingerprint density at radius 3 is 1.31 bits per heavy atom. The number of nitrogens with one attached hydrogen (secondary N) is 1. The van der Waals surface area contributed by atoms with Crippen LogP contribution in [0.4, 0.5) is 0 Å². The zero-order chi connectivity index (χ0) is 50.8. The van der Waals surface area contributed by atoms with Crippen molar-refractivity contribution in [2.75, 3.05) is 13.2 Å². The van der Waals surface area contributed by atoms with Crippen LogP contribution in [0, 0.1) is 0 Å². The molecule has 0 spiro atoms. The van der Waals surface area contributed by atoms with E-state index in [4.69, 9.17) is 9.47 Å². The highest BCUT2D eigenvalue weighted by atomic mass is 16.7. The molecule has 1 amide bonds. The average Bonchev–Trinajstić information content (AvgIpc) is 3.36. The monoisotopic (exact) mass is 980 g/mol. The van der Waals surface area contributed by atoms with Crippen LogP contribution in [0.1, 0.15) is 226 Å². The molecule has 7 atom stereocenters. The van der Waals surface area contributed by atoms with Gasteiger partial charge in [0, 0.05) is 6.42 Å². The molecule has 0 aromatic rings. The molecule has 0 radical (unpaired) electrons. The molecule has 0 bridgehead atoms. The van der Waals surface area contributed by atoms with Crippen LogP contribution in [0.2, 0.25) is 0 Å². The minimum absolute atomic E-state index is 0.194. The van der Waals surface area contributed by atoms with Gasteiger partial charge in [-0.3, -0.25) is 4.79 Å². The maximum Gasteiger partial charge on any atom is 0.220 e. The number of aliphatic hydroxyl groups excluding tert-OH is 5. The molecule has 0 aromatic carbocycles. The van der Waals surface area contributed by atoms with E-state index in [0.717, 1.165) is 83.5 Å². The molecular weight excluding hydrogens is 875 g/mol. The second-order valence-electron chi connectivity index (χ2n) is 19.3. The zero-order valence-electron chi connectivity index (χ0n) is 44.5. The highest BCUT2D eigenvalue weighted by Crippen LogP contribution is 2.23. The number of hydrogen-bond donors (Lipinski definition) is 6. The summed E-state index contributed by atoms with van der Waals surface area (Å²) in [6, 6.07) is -0.829. The first-order valence-electron chi connectivity index (χ1n) is 28.5. The van der Waals surface area contributed by atoms with E-state index >= 15 is 0 Å². The van der Waals surface area contributed by atoms with Gasteiger partial charge in [0.15, 0.2) is 6.29 Å². The summed E-state index contributed by atoms with van der Waals surface area (Å²) in [7, 11) is 0. The van der Waals surface area contributed by atoms with Crippen LogP contribution in [0.15, 0.2) is 97.2 Å². The first-order chi connectivity index (χ1) is 34.3. The number of carbonyl (C=O) groups excluding carboxylic acids is 1. The van der Waals surface area contributed by atoms with Gasteiger partial charge in [0.05, 0.1) is 25.4 Å². The van der Waals surface area contributed by atoms with E-state index in [0.29, 0.717) is 6.42 Å². The molecule has 1 saturated heterocycles. The quantitative estimate of drug-likeness (QED) is 0.0261. The summed E-state index contributed by atoms with van der Waals surface area (Å²) in [5, 5.41) is 54.2. The van der Waals surface area contributed by atoms with Crippen LogP contribution < -0.4 is 5.32 Å². The van der Waals surface area contributed by atoms with Crippen LogP contribution in [-0.2, 0) is 14.3 Å². The molecule has 1 heterocycles. The number of hydrogen-bond acceptors (Lipinski definition) is 8. The maximum atomic E-state index is 13.0. The van der Waals surface area contributed by atoms with Gasteiger partial charge in [-0.25, -0.2) is 0 Å². The molecule has 6 N–H and O–H groups in total. The summed E-state index contributed by atoms with van der Waals surface area (Å²) in [5.74, 6) is -0.194. The number of amides is 1. The van der Waals surface area contributed by atoms with Crippen LogP contribution in [0.3, 0.4) is 0 Å². The van der Waals surface area contributed by atoms with Crippen LogP contribution >= 0.6 is 0 Å². The summed E-state index contributed by atoms with van der Waals surface area (Å²) in [6.45, 7) is 3.51. The lowest BCUT2D eigenvalue weighted by Gasteiger charge is -2.40. The Morgan fingerprint density at radius 1 is 0.486 bits per heavy atom. The molecule has 0 aromatic heterocycles. The number of allylic oxidation sites excluding steroid dienone is 15. The van der Waals surface area contributed by atoms with Crippen molar-refractivity contribution in [1.82, 2.24) is 5.32 Å². The molecule has 402 valence electrons. The van der Waals surface area contributed by atoms with Crippen molar-refractivity contribution in [1.29, 1.82) is 0 Å². The van der Waals surface area contributed by atoms with Gasteiger partial charge in [-0.1, -0.05) is 233 Å². The van der Waals surface area contributed by atoms with Crippen LogP contribution in [0.25, 0.3) is 0 Å². The van der Waals surface area contributed by atoms with E-state index in [1.807, 2.05) is 6.08 Å². The Morgan fingerprint density at radius 2 is 0.857 bits per heavy atom. The normalized spacial score (nSPS) is 20.1. The predicted molar refractivity (Wildman–Crippen MR) is 294 cm³/mol. The molecule has 9 heteroatoms. The smallest absolute Gasteiger partial charge is 0.220 e. The van der Waals surface area contributed by atoms with E-state index in [1.54, 1.807) is 6.08 Å². The van der Waals surface area contributed by atoms with Crippen LogP contribution in [-0.4, -0.2) is 87.5 Å². The zero-order valence-corrected chi connectivity index (χ0v) is 44.5. The van der Waals surface area contributed by atoms with Gasteiger partial charge in [0.1, 0.15) is 24.4 Å². The summed E-state index contributed by atoms with van der Waals surface area (Å²) < 4.78 is 11.2. The highest BCUT2D eigenvalue weighted by molar-refractivity contribution is 5.76. The molecule has 7 unspecified atom stereocenters.